The maximum absolute atomic E-state index is 13.6. The summed E-state index contributed by atoms with van der Waals surface area (Å²) in [5.41, 5.74) is 1.51. The molecule has 0 atom stereocenters. The van der Waals surface area contributed by atoms with Crippen LogP contribution in [0.3, 0.4) is 0 Å². The third kappa shape index (κ3) is 5.74. The standard InChI is InChI=1S/C20H15F2N3O4S/c1-28-18(26)9-17-19(27)24-20(30-17)25-23-10-12-2-4-13(5-3-12)11-29-16-7-6-14(21)8-15(16)22/h2-10H,11H2,1H3,(H,24,25,27)/b17-9+,23-10?. The summed E-state index contributed by atoms with van der Waals surface area (Å²) in [7, 11) is 1.22. The summed E-state index contributed by atoms with van der Waals surface area (Å²) >= 11 is 0.972. The summed E-state index contributed by atoms with van der Waals surface area (Å²) in [4.78, 5) is 23.1. The molecule has 1 heterocycles. The second-order valence-electron chi connectivity index (χ2n) is 5.84. The number of methoxy groups -OCH3 is 1. The maximum Gasteiger partial charge on any atom is 0.331 e. The first-order valence-electron chi connectivity index (χ1n) is 8.51. The van der Waals surface area contributed by atoms with Crippen molar-refractivity contribution < 1.29 is 27.8 Å². The van der Waals surface area contributed by atoms with E-state index in [2.05, 4.69) is 20.3 Å². The number of nitrogens with one attached hydrogen (secondary N) is 1. The normalized spacial score (nSPS) is 16.3. The first-order valence-corrected chi connectivity index (χ1v) is 9.33. The molecule has 1 aliphatic rings. The predicted molar refractivity (Wildman–Crippen MR) is 108 cm³/mol. The molecule has 7 nitrogen and oxygen atoms in total. The first kappa shape index (κ1) is 21.2. The SMILES string of the molecule is COC(=O)/C=C1/S/C(=N\N=Cc2ccc(COc3ccc(F)cc3F)cc2)NC1=O. The van der Waals surface area contributed by atoms with Crippen molar-refractivity contribution in [2.24, 2.45) is 10.2 Å². The molecule has 0 aromatic heterocycles. The Kier molecular flexibility index (Phi) is 6.91. The third-order valence-corrected chi connectivity index (χ3v) is 4.62. The van der Waals surface area contributed by atoms with Gasteiger partial charge in [-0.3, -0.25) is 10.1 Å². The Labute approximate surface area is 174 Å². The second kappa shape index (κ2) is 9.79. The Morgan fingerprint density at radius 2 is 1.97 bits per heavy atom. The van der Waals surface area contributed by atoms with Gasteiger partial charge in [0.05, 0.1) is 18.2 Å². The molecular weight excluding hydrogens is 416 g/mol. The van der Waals surface area contributed by atoms with Gasteiger partial charge in [0.2, 0.25) is 0 Å². The molecule has 1 aliphatic heterocycles. The molecule has 3 rings (SSSR count). The number of amides is 1. The van der Waals surface area contributed by atoms with Gasteiger partial charge in [-0.05, 0) is 35.0 Å². The highest BCUT2D eigenvalue weighted by Crippen LogP contribution is 2.23. The minimum Gasteiger partial charge on any atom is -0.486 e. The van der Waals surface area contributed by atoms with Gasteiger partial charge >= 0.3 is 5.97 Å². The van der Waals surface area contributed by atoms with Gasteiger partial charge in [-0.15, -0.1) is 5.10 Å². The quantitative estimate of drug-likeness (QED) is 0.329. The van der Waals surface area contributed by atoms with Gasteiger partial charge in [-0.2, -0.15) is 5.10 Å². The largest absolute Gasteiger partial charge is 0.486 e. The van der Waals surface area contributed by atoms with Crippen LogP contribution in [-0.4, -0.2) is 30.4 Å². The van der Waals surface area contributed by atoms with E-state index in [0.29, 0.717) is 0 Å². The fraction of sp³-hybridized carbons (Fsp3) is 0.100. The van der Waals surface area contributed by atoms with Crippen LogP contribution < -0.4 is 10.1 Å². The molecule has 1 saturated heterocycles. The highest BCUT2D eigenvalue weighted by atomic mass is 32.2. The van der Waals surface area contributed by atoms with Gasteiger partial charge < -0.3 is 9.47 Å². The molecule has 0 bridgehead atoms. The van der Waals surface area contributed by atoms with Gasteiger partial charge in [0.15, 0.2) is 16.7 Å². The fourth-order valence-corrected chi connectivity index (χ4v) is 2.98. The molecule has 2 aromatic carbocycles. The molecular formula is C20H15F2N3O4S. The van der Waals surface area contributed by atoms with Crippen molar-refractivity contribution in [1.29, 1.82) is 0 Å². The number of halogens is 2. The summed E-state index contributed by atoms with van der Waals surface area (Å²) in [5.74, 6) is -2.56. The highest BCUT2D eigenvalue weighted by Gasteiger charge is 2.24. The Morgan fingerprint density at radius 1 is 1.20 bits per heavy atom. The average molecular weight is 431 g/mol. The van der Waals surface area contributed by atoms with Crippen LogP contribution in [0.5, 0.6) is 5.75 Å². The van der Waals surface area contributed by atoms with Crippen LogP contribution >= 0.6 is 11.8 Å². The van der Waals surface area contributed by atoms with Crippen LogP contribution in [0.2, 0.25) is 0 Å². The molecule has 0 unspecified atom stereocenters. The van der Waals surface area contributed by atoms with E-state index in [0.717, 1.165) is 41.1 Å². The lowest BCUT2D eigenvalue weighted by molar-refractivity contribution is -0.135. The number of rotatable bonds is 6. The molecule has 1 N–H and O–H groups in total. The van der Waals surface area contributed by atoms with Gasteiger partial charge in [-0.25, -0.2) is 13.6 Å². The van der Waals surface area contributed by atoms with Crippen molar-refractivity contribution in [1.82, 2.24) is 5.32 Å². The van der Waals surface area contributed by atoms with E-state index in [1.807, 2.05) is 0 Å². The predicted octanol–water partition coefficient (Wildman–Crippen LogP) is 3.15. The summed E-state index contributed by atoms with van der Waals surface area (Å²) in [6.45, 7) is 0.111. The maximum atomic E-state index is 13.6. The van der Waals surface area contributed by atoms with Crippen molar-refractivity contribution in [3.05, 3.63) is 76.2 Å². The molecule has 2 aromatic rings. The molecule has 0 saturated carbocycles. The van der Waals surface area contributed by atoms with E-state index in [4.69, 9.17) is 4.74 Å². The summed E-state index contributed by atoms with van der Waals surface area (Å²) in [6.07, 6.45) is 2.55. The van der Waals surface area contributed by atoms with Crippen LogP contribution in [0, 0.1) is 11.6 Å². The van der Waals surface area contributed by atoms with Crippen LogP contribution in [0.25, 0.3) is 0 Å². The Morgan fingerprint density at radius 3 is 2.67 bits per heavy atom. The lowest BCUT2D eigenvalue weighted by atomic mass is 10.1. The summed E-state index contributed by atoms with van der Waals surface area (Å²) in [6, 6.07) is 10.2. The fourth-order valence-electron chi connectivity index (χ4n) is 2.24. The molecule has 154 valence electrons. The van der Waals surface area contributed by atoms with Gasteiger partial charge in [-0.1, -0.05) is 24.3 Å². The summed E-state index contributed by atoms with van der Waals surface area (Å²) < 4.78 is 36.3. The zero-order valence-corrected chi connectivity index (χ0v) is 16.4. The van der Waals surface area contributed by atoms with Crippen LogP contribution in [0.4, 0.5) is 8.78 Å². The van der Waals surface area contributed by atoms with E-state index < -0.39 is 23.5 Å². The monoisotopic (exact) mass is 431 g/mol. The van der Waals surface area contributed by atoms with E-state index in [1.54, 1.807) is 24.3 Å². The second-order valence-corrected chi connectivity index (χ2v) is 6.87. The van der Waals surface area contributed by atoms with Crippen LogP contribution in [0.15, 0.2) is 63.6 Å². The van der Waals surface area contributed by atoms with Crippen molar-refractivity contribution >= 4 is 35.0 Å². The molecule has 10 heteroatoms. The molecule has 0 aliphatic carbocycles. The van der Waals surface area contributed by atoms with E-state index in [1.165, 1.54) is 19.4 Å². The Balaban J connectivity index is 1.56. The number of thioether (sulfide) groups is 1. The first-order chi connectivity index (χ1) is 14.4. The average Bonchev–Trinajstić information content (AvgIpc) is 3.07. The molecule has 0 radical (unpaired) electrons. The van der Waals surface area contributed by atoms with E-state index in [-0.39, 0.29) is 22.4 Å². The van der Waals surface area contributed by atoms with E-state index in [9.17, 15) is 18.4 Å². The Bertz CT molecular complexity index is 1050. The number of hydrogen-bond donors (Lipinski definition) is 1. The third-order valence-electron chi connectivity index (χ3n) is 3.72. The number of benzene rings is 2. The van der Waals surface area contributed by atoms with E-state index >= 15 is 0 Å². The van der Waals surface area contributed by atoms with Crippen molar-refractivity contribution in [3.8, 4) is 5.75 Å². The number of ether oxygens (including phenoxy) is 2. The van der Waals surface area contributed by atoms with Gasteiger partial charge in [0.25, 0.3) is 5.91 Å². The number of carbonyl (C=O) groups is 2. The topological polar surface area (TPSA) is 89.3 Å². The molecule has 1 fully saturated rings. The minimum atomic E-state index is -0.765. The summed E-state index contributed by atoms with van der Waals surface area (Å²) in [5, 5.41) is 10.5. The zero-order chi connectivity index (χ0) is 21.5. The van der Waals surface area contributed by atoms with Crippen LogP contribution in [0.1, 0.15) is 11.1 Å². The zero-order valence-electron chi connectivity index (χ0n) is 15.6. The van der Waals surface area contributed by atoms with Crippen molar-refractivity contribution in [3.63, 3.8) is 0 Å². The van der Waals surface area contributed by atoms with Crippen LogP contribution in [-0.2, 0) is 20.9 Å². The molecule has 30 heavy (non-hydrogen) atoms. The minimum absolute atomic E-state index is 0.0328. The molecule has 1 amide bonds. The smallest absolute Gasteiger partial charge is 0.331 e. The highest BCUT2D eigenvalue weighted by molar-refractivity contribution is 8.18. The van der Waals surface area contributed by atoms with Gasteiger partial charge in [0.1, 0.15) is 12.4 Å². The molecule has 0 spiro atoms. The van der Waals surface area contributed by atoms with Crippen molar-refractivity contribution in [2.45, 2.75) is 6.61 Å². The van der Waals surface area contributed by atoms with Gasteiger partial charge in [0, 0.05) is 12.1 Å². The number of amidine groups is 1. The number of esters is 1. The number of nitrogens with zero attached hydrogens (tertiary/aromatic N) is 2. The van der Waals surface area contributed by atoms with Crippen molar-refractivity contribution in [2.75, 3.05) is 7.11 Å². The lowest BCUT2D eigenvalue weighted by Crippen LogP contribution is -2.19. The number of carbonyl (C=O) groups excluding carboxylic acids is 2. The lowest BCUT2D eigenvalue weighted by Gasteiger charge is -2.07. The number of hydrogen-bond acceptors (Lipinski definition) is 7. The Hall–Kier alpha value is -3.53.